The summed E-state index contributed by atoms with van der Waals surface area (Å²) in [6.45, 7) is 11.2. The predicted molar refractivity (Wildman–Crippen MR) is 91.8 cm³/mol. The van der Waals surface area contributed by atoms with Crippen molar-refractivity contribution in [3.05, 3.63) is 0 Å². The fourth-order valence-electron chi connectivity index (χ4n) is 3.95. The summed E-state index contributed by atoms with van der Waals surface area (Å²) in [5.74, 6) is 1.03. The number of nitrogens with zero attached hydrogens (tertiary/aromatic N) is 2. The summed E-state index contributed by atoms with van der Waals surface area (Å²) in [6.07, 6.45) is 9.60. The molecular formula is C17H34N2S. The molecule has 118 valence electrons. The lowest BCUT2D eigenvalue weighted by Gasteiger charge is -2.43. The fourth-order valence-corrected chi connectivity index (χ4v) is 4.49. The number of likely N-dealkylation sites (tertiary alicyclic amines) is 2. The predicted octanol–water partition coefficient (Wildman–Crippen LogP) is 3.67. The van der Waals surface area contributed by atoms with Crippen molar-refractivity contribution in [2.45, 2.75) is 64.8 Å². The molecule has 0 atom stereocenters. The number of piperidine rings is 2. The van der Waals surface area contributed by atoms with Gasteiger partial charge in [0.1, 0.15) is 0 Å². The average Bonchev–Trinajstić information content (AvgIpc) is 2.54. The normalized spacial score (nSPS) is 24.1. The number of hydrogen-bond acceptors (Lipinski definition) is 3. The highest BCUT2D eigenvalue weighted by Gasteiger charge is 2.31. The minimum absolute atomic E-state index is 0.446. The Morgan fingerprint density at radius 2 is 1.55 bits per heavy atom. The van der Waals surface area contributed by atoms with Crippen molar-refractivity contribution in [1.29, 1.82) is 0 Å². The van der Waals surface area contributed by atoms with E-state index in [0.717, 1.165) is 11.8 Å². The van der Waals surface area contributed by atoms with E-state index >= 15 is 0 Å². The molecular weight excluding hydrogens is 264 g/mol. The van der Waals surface area contributed by atoms with Gasteiger partial charge in [0.2, 0.25) is 0 Å². The smallest absolute Gasteiger partial charge is 0.0120 e. The Hall–Kier alpha value is 0.270. The third kappa shape index (κ3) is 4.14. The number of thiol groups is 1. The summed E-state index contributed by atoms with van der Waals surface area (Å²) in [5.41, 5.74) is 0.446. The van der Waals surface area contributed by atoms with E-state index in [2.05, 4.69) is 36.3 Å². The summed E-state index contributed by atoms with van der Waals surface area (Å²) in [7, 11) is 0. The van der Waals surface area contributed by atoms with Crippen molar-refractivity contribution in [2.75, 3.05) is 38.5 Å². The van der Waals surface area contributed by atoms with Crippen molar-refractivity contribution < 1.29 is 0 Å². The summed E-state index contributed by atoms with van der Waals surface area (Å²) < 4.78 is 0. The van der Waals surface area contributed by atoms with Crippen LogP contribution in [0, 0.1) is 5.41 Å². The molecule has 2 fully saturated rings. The van der Waals surface area contributed by atoms with E-state index < -0.39 is 0 Å². The second-order valence-corrected chi connectivity index (χ2v) is 7.29. The second-order valence-electron chi connectivity index (χ2n) is 6.97. The molecule has 2 heterocycles. The lowest BCUT2D eigenvalue weighted by molar-refractivity contribution is 0.0695. The largest absolute Gasteiger partial charge is 0.303 e. The van der Waals surface area contributed by atoms with Gasteiger partial charge in [0, 0.05) is 12.6 Å². The zero-order valence-electron chi connectivity index (χ0n) is 13.6. The molecule has 0 N–H and O–H groups in total. The van der Waals surface area contributed by atoms with Gasteiger partial charge in [-0.15, -0.1) is 0 Å². The van der Waals surface area contributed by atoms with Crippen LogP contribution < -0.4 is 0 Å². The number of hydrogen-bond donors (Lipinski definition) is 1. The Balaban J connectivity index is 1.78. The maximum absolute atomic E-state index is 4.63. The highest BCUT2D eigenvalue weighted by molar-refractivity contribution is 7.80. The van der Waals surface area contributed by atoms with Gasteiger partial charge in [-0.25, -0.2) is 0 Å². The third-order valence-electron chi connectivity index (χ3n) is 5.86. The highest BCUT2D eigenvalue weighted by Crippen LogP contribution is 2.31. The molecule has 0 bridgehead atoms. The van der Waals surface area contributed by atoms with Crippen LogP contribution in [0.5, 0.6) is 0 Å². The van der Waals surface area contributed by atoms with Crippen LogP contribution >= 0.6 is 12.6 Å². The zero-order chi connectivity index (χ0) is 14.4. The van der Waals surface area contributed by atoms with Gasteiger partial charge in [0.25, 0.3) is 0 Å². The maximum atomic E-state index is 4.63. The Bertz CT molecular complexity index is 256. The van der Waals surface area contributed by atoms with E-state index in [1.165, 1.54) is 77.7 Å². The first-order valence-electron chi connectivity index (χ1n) is 8.80. The molecule has 2 aliphatic rings. The van der Waals surface area contributed by atoms with Crippen molar-refractivity contribution >= 4 is 12.6 Å². The van der Waals surface area contributed by atoms with E-state index in [9.17, 15) is 0 Å². The topological polar surface area (TPSA) is 6.48 Å². The average molecular weight is 299 g/mol. The Morgan fingerprint density at radius 3 is 2.05 bits per heavy atom. The minimum atomic E-state index is 0.446. The van der Waals surface area contributed by atoms with Gasteiger partial charge in [0.05, 0.1) is 0 Å². The summed E-state index contributed by atoms with van der Waals surface area (Å²) in [6, 6.07) is 0.875. The molecule has 20 heavy (non-hydrogen) atoms. The monoisotopic (exact) mass is 298 g/mol. The van der Waals surface area contributed by atoms with Gasteiger partial charge in [-0.2, -0.15) is 12.6 Å². The van der Waals surface area contributed by atoms with E-state index in [-0.39, 0.29) is 0 Å². The minimum Gasteiger partial charge on any atom is -0.303 e. The van der Waals surface area contributed by atoms with Crippen LogP contribution in [0.2, 0.25) is 0 Å². The van der Waals surface area contributed by atoms with Crippen molar-refractivity contribution in [1.82, 2.24) is 9.80 Å². The van der Waals surface area contributed by atoms with Gasteiger partial charge in [-0.3, -0.25) is 0 Å². The Labute approximate surface area is 131 Å². The summed E-state index contributed by atoms with van der Waals surface area (Å²) in [4.78, 5) is 5.48. The lowest BCUT2D eigenvalue weighted by atomic mass is 9.83. The van der Waals surface area contributed by atoms with Crippen LogP contribution in [0.4, 0.5) is 0 Å². The molecule has 2 rings (SSSR count). The molecule has 0 amide bonds. The highest BCUT2D eigenvalue weighted by atomic mass is 32.1. The SMILES string of the molecule is CCC(CC)(CS)CN1CCC(N2CCCCC2)CC1. The molecule has 2 saturated heterocycles. The molecule has 2 nitrogen and oxygen atoms in total. The van der Waals surface area contributed by atoms with Crippen molar-refractivity contribution in [3.63, 3.8) is 0 Å². The first-order valence-corrected chi connectivity index (χ1v) is 9.43. The molecule has 0 saturated carbocycles. The lowest BCUT2D eigenvalue weighted by Crippen LogP contribution is -2.49. The zero-order valence-corrected chi connectivity index (χ0v) is 14.5. The molecule has 0 aromatic rings. The van der Waals surface area contributed by atoms with Gasteiger partial charge in [0.15, 0.2) is 0 Å². The second kappa shape index (κ2) is 8.05. The fraction of sp³-hybridized carbons (Fsp3) is 1.00. The van der Waals surface area contributed by atoms with Crippen LogP contribution in [0.3, 0.4) is 0 Å². The summed E-state index contributed by atoms with van der Waals surface area (Å²) in [5, 5.41) is 0. The van der Waals surface area contributed by atoms with Crippen LogP contribution in [0.1, 0.15) is 58.8 Å². The first kappa shape index (κ1) is 16.6. The van der Waals surface area contributed by atoms with Gasteiger partial charge in [-0.05, 0) is 75.9 Å². The van der Waals surface area contributed by atoms with Crippen LogP contribution in [0.15, 0.2) is 0 Å². The maximum Gasteiger partial charge on any atom is 0.0120 e. The van der Waals surface area contributed by atoms with Crippen molar-refractivity contribution in [3.8, 4) is 0 Å². The van der Waals surface area contributed by atoms with E-state index in [0.29, 0.717) is 5.41 Å². The Morgan fingerprint density at radius 1 is 0.950 bits per heavy atom. The summed E-state index contributed by atoms with van der Waals surface area (Å²) >= 11 is 4.63. The van der Waals surface area contributed by atoms with E-state index in [1.54, 1.807) is 0 Å². The van der Waals surface area contributed by atoms with Gasteiger partial charge >= 0.3 is 0 Å². The van der Waals surface area contributed by atoms with Crippen LogP contribution in [0.25, 0.3) is 0 Å². The van der Waals surface area contributed by atoms with E-state index in [4.69, 9.17) is 0 Å². The molecule has 3 heteroatoms. The molecule has 0 unspecified atom stereocenters. The number of rotatable bonds is 6. The van der Waals surface area contributed by atoms with Gasteiger partial charge < -0.3 is 9.80 Å². The molecule has 0 radical (unpaired) electrons. The first-order chi connectivity index (χ1) is 9.73. The van der Waals surface area contributed by atoms with E-state index in [1.807, 2.05) is 0 Å². The molecule has 0 aromatic heterocycles. The van der Waals surface area contributed by atoms with Crippen LogP contribution in [-0.2, 0) is 0 Å². The third-order valence-corrected chi connectivity index (χ3v) is 6.53. The Kier molecular flexibility index (Phi) is 6.70. The van der Waals surface area contributed by atoms with Crippen LogP contribution in [-0.4, -0.2) is 54.3 Å². The van der Waals surface area contributed by atoms with Gasteiger partial charge in [-0.1, -0.05) is 20.3 Å². The molecule has 0 aliphatic carbocycles. The standard InChI is InChI=1S/C17H34N2S/c1-3-17(4-2,15-20)14-18-12-8-16(9-13-18)19-10-6-5-7-11-19/h16,20H,3-15H2,1-2H3. The quantitative estimate of drug-likeness (QED) is 0.748. The molecule has 0 spiro atoms. The molecule has 2 aliphatic heterocycles. The van der Waals surface area contributed by atoms with Crippen molar-refractivity contribution in [2.24, 2.45) is 5.41 Å². The molecule has 0 aromatic carbocycles.